The van der Waals surface area contributed by atoms with Gasteiger partial charge in [-0.05, 0) is 31.0 Å². The largest absolute Gasteiger partial charge is 0.392 e. The van der Waals surface area contributed by atoms with Crippen LogP contribution in [-0.4, -0.2) is 36.1 Å². The van der Waals surface area contributed by atoms with Gasteiger partial charge in [-0.3, -0.25) is 4.79 Å². The molecule has 0 aliphatic heterocycles. The number of aliphatic hydroxyl groups excluding tert-OH is 1. The van der Waals surface area contributed by atoms with E-state index in [1.165, 1.54) is 0 Å². The fourth-order valence-corrected chi connectivity index (χ4v) is 1.63. The molecule has 0 unspecified atom stereocenters. The minimum Gasteiger partial charge on any atom is -0.392 e. The van der Waals surface area contributed by atoms with Crippen LogP contribution in [0.1, 0.15) is 18.1 Å². The van der Waals surface area contributed by atoms with Gasteiger partial charge < -0.3 is 15.3 Å². The summed E-state index contributed by atoms with van der Waals surface area (Å²) in [5.41, 5.74) is 1.74. The first-order chi connectivity index (χ1) is 8.12. The number of pyridine rings is 1. The standard InChI is InChI=1S/C12H19N3O2/c1-4-15(7-11(17)13-3)12-9(2)5-10(8-16)6-14-12/h5-6,16H,4,7-8H2,1-3H3,(H,13,17). The van der Waals surface area contributed by atoms with E-state index in [9.17, 15) is 4.79 Å². The predicted molar refractivity (Wildman–Crippen MR) is 66.9 cm³/mol. The van der Waals surface area contributed by atoms with Crippen LogP contribution in [0.3, 0.4) is 0 Å². The topological polar surface area (TPSA) is 65.5 Å². The van der Waals surface area contributed by atoms with Gasteiger partial charge in [0.05, 0.1) is 13.2 Å². The number of amides is 1. The lowest BCUT2D eigenvalue weighted by Crippen LogP contribution is -2.36. The predicted octanol–water partition coefficient (Wildman–Crippen LogP) is 0.455. The number of carbonyl (C=O) groups excluding carboxylic acids is 1. The second-order valence-corrected chi connectivity index (χ2v) is 3.83. The number of aryl methyl sites for hydroxylation is 1. The maximum absolute atomic E-state index is 11.4. The molecule has 0 aliphatic carbocycles. The molecule has 5 heteroatoms. The van der Waals surface area contributed by atoms with E-state index < -0.39 is 0 Å². The number of hydrogen-bond acceptors (Lipinski definition) is 4. The van der Waals surface area contributed by atoms with Gasteiger partial charge in [0, 0.05) is 19.8 Å². The van der Waals surface area contributed by atoms with Crippen molar-refractivity contribution in [2.24, 2.45) is 0 Å². The van der Waals surface area contributed by atoms with Gasteiger partial charge in [0.15, 0.2) is 0 Å². The van der Waals surface area contributed by atoms with E-state index in [0.717, 1.165) is 16.9 Å². The fourth-order valence-electron chi connectivity index (χ4n) is 1.63. The van der Waals surface area contributed by atoms with Gasteiger partial charge >= 0.3 is 0 Å². The minimum atomic E-state index is -0.0423. The Bertz CT molecular complexity index is 393. The van der Waals surface area contributed by atoms with Crippen molar-refractivity contribution in [3.05, 3.63) is 23.4 Å². The molecule has 1 heterocycles. The molecule has 0 saturated carbocycles. The van der Waals surface area contributed by atoms with E-state index in [1.807, 2.05) is 24.8 Å². The van der Waals surface area contributed by atoms with Crippen LogP contribution in [0, 0.1) is 6.92 Å². The molecule has 0 spiro atoms. The highest BCUT2D eigenvalue weighted by atomic mass is 16.3. The third-order valence-electron chi connectivity index (χ3n) is 2.58. The molecule has 17 heavy (non-hydrogen) atoms. The molecular weight excluding hydrogens is 218 g/mol. The summed E-state index contributed by atoms with van der Waals surface area (Å²) in [6.45, 7) is 4.88. The van der Waals surface area contributed by atoms with Crippen LogP contribution in [0.15, 0.2) is 12.3 Å². The molecule has 1 aromatic rings. The molecule has 1 amide bonds. The van der Waals surface area contributed by atoms with Crippen molar-refractivity contribution in [3.63, 3.8) is 0 Å². The van der Waals surface area contributed by atoms with Crippen molar-refractivity contribution in [3.8, 4) is 0 Å². The van der Waals surface area contributed by atoms with Crippen LogP contribution in [0.5, 0.6) is 0 Å². The summed E-state index contributed by atoms with van der Waals surface area (Å²) in [7, 11) is 1.62. The van der Waals surface area contributed by atoms with E-state index in [4.69, 9.17) is 5.11 Å². The zero-order valence-corrected chi connectivity index (χ0v) is 10.5. The molecule has 0 fully saturated rings. The molecule has 0 aliphatic rings. The van der Waals surface area contributed by atoms with Gasteiger partial charge in [-0.15, -0.1) is 0 Å². The summed E-state index contributed by atoms with van der Waals surface area (Å²) in [6.07, 6.45) is 1.63. The molecule has 0 bridgehead atoms. The molecule has 0 atom stereocenters. The van der Waals surface area contributed by atoms with Gasteiger partial charge in [0.25, 0.3) is 0 Å². The zero-order valence-electron chi connectivity index (χ0n) is 10.5. The lowest BCUT2D eigenvalue weighted by Gasteiger charge is -2.22. The van der Waals surface area contributed by atoms with Crippen LogP contribution >= 0.6 is 0 Å². The summed E-state index contributed by atoms with van der Waals surface area (Å²) < 4.78 is 0. The third-order valence-corrected chi connectivity index (χ3v) is 2.58. The minimum absolute atomic E-state index is 0.0182. The van der Waals surface area contributed by atoms with E-state index in [0.29, 0.717) is 13.1 Å². The number of rotatable bonds is 5. The second kappa shape index (κ2) is 6.20. The first-order valence-electron chi connectivity index (χ1n) is 5.64. The number of aliphatic hydroxyl groups is 1. The third kappa shape index (κ3) is 3.42. The monoisotopic (exact) mass is 237 g/mol. The van der Waals surface area contributed by atoms with Gasteiger partial charge in [0.1, 0.15) is 5.82 Å². The smallest absolute Gasteiger partial charge is 0.239 e. The highest BCUT2D eigenvalue weighted by molar-refractivity contribution is 5.80. The molecule has 5 nitrogen and oxygen atoms in total. The van der Waals surface area contributed by atoms with Crippen molar-refractivity contribution >= 4 is 11.7 Å². The van der Waals surface area contributed by atoms with E-state index >= 15 is 0 Å². The molecule has 1 rings (SSSR count). The number of nitrogens with zero attached hydrogens (tertiary/aromatic N) is 2. The maximum atomic E-state index is 11.4. The van der Waals surface area contributed by atoms with Crippen LogP contribution in [0.4, 0.5) is 5.82 Å². The summed E-state index contributed by atoms with van der Waals surface area (Å²) in [5.74, 6) is 0.743. The average molecular weight is 237 g/mol. The van der Waals surface area contributed by atoms with Crippen molar-refractivity contribution in [1.29, 1.82) is 0 Å². The van der Waals surface area contributed by atoms with Crippen molar-refractivity contribution in [1.82, 2.24) is 10.3 Å². The van der Waals surface area contributed by atoms with Crippen molar-refractivity contribution < 1.29 is 9.90 Å². The van der Waals surface area contributed by atoms with Crippen LogP contribution < -0.4 is 10.2 Å². The summed E-state index contributed by atoms with van der Waals surface area (Å²) >= 11 is 0. The lowest BCUT2D eigenvalue weighted by molar-refractivity contribution is -0.119. The molecular formula is C12H19N3O2. The van der Waals surface area contributed by atoms with E-state index in [1.54, 1.807) is 13.2 Å². The molecule has 1 aromatic heterocycles. The van der Waals surface area contributed by atoms with Crippen molar-refractivity contribution in [2.75, 3.05) is 25.0 Å². The Morgan fingerprint density at radius 2 is 2.29 bits per heavy atom. The van der Waals surface area contributed by atoms with Gasteiger partial charge in [-0.2, -0.15) is 0 Å². The molecule has 94 valence electrons. The quantitative estimate of drug-likeness (QED) is 0.780. The van der Waals surface area contributed by atoms with E-state index in [2.05, 4.69) is 10.3 Å². The molecule has 0 radical (unpaired) electrons. The molecule has 0 aromatic carbocycles. The SMILES string of the molecule is CCN(CC(=O)NC)c1ncc(CO)cc1C. The number of aromatic nitrogens is 1. The molecule has 2 N–H and O–H groups in total. The second-order valence-electron chi connectivity index (χ2n) is 3.83. The van der Waals surface area contributed by atoms with E-state index in [-0.39, 0.29) is 12.5 Å². The highest BCUT2D eigenvalue weighted by Gasteiger charge is 2.12. The van der Waals surface area contributed by atoms with Crippen LogP contribution in [0.25, 0.3) is 0 Å². The first-order valence-corrected chi connectivity index (χ1v) is 5.64. The highest BCUT2D eigenvalue weighted by Crippen LogP contribution is 2.17. The van der Waals surface area contributed by atoms with Crippen LogP contribution in [-0.2, 0) is 11.4 Å². The number of anilines is 1. The number of carbonyl (C=O) groups is 1. The molecule has 0 saturated heterocycles. The lowest BCUT2D eigenvalue weighted by atomic mass is 10.2. The average Bonchev–Trinajstić information content (AvgIpc) is 2.35. The number of nitrogens with one attached hydrogen (secondary N) is 1. The van der Waals surface area contributed by atoms with Crippen LogP contribution in [0.2, 0.25) is 0 Å². The Balaban J connectivity index is 2.92. The zero-order chi connectivity index (χ0) is 12.8. The van der Waals surface area contributed by atoms with Gasteiger partial charge in [-0.25, -0.2) is 4.98 Å². The van der Waals surface area contributed by atoms with Gasteiger partial charge in [-0.1, -0.05) is 0 Å². The summed E-state index contributed by atoms with van der Waals surface area (Å²) in [4.78, 5) is 17.6. The Labute approximate surface area is 101 Å². The maximum Gasteiger partial charge on any atom is 0.239 e. The Hall–Kier alpha value is -1.62. The Morgan fingerprint density at radius 3 is 2.76 bits per heavy atom. The number of hydrogen-bond donors (Lipinski definition) is 2. The Kier molecular flexibility index (Phi) is 4.90. The first kappa shape index (κ1) is 13.4. The van der Waals surface area contributed by atoms with Gasteiger partial charge in [0.2, 0.25) is 5.91 Å². The summed E-state index contributed by atoms with van der Waals surface area (Å²) in [5, 5.41) is 11.6. The normalized spacial score (nSPS) is 10.1. The number of likely N-dealkylation sites (N-methyl/N-ethyl adjacent to an activating group) is 2. The Morgan fingerprint density at radius 1 is 1.59 bits per heavy atom. The summed E-state index contributed by atoms with van der Waals surface area (Å²) in [6, 6.07) is 1.88. The van der Waals surface area contributed by atoms with Crippen molar-refractivity contribution in [2.45, 2.75) is 20.5 Å². The fraction of sp³-hybridized carbons (Fsp3) is 0.500.